The Hall–Kier alpha value is -2.83. The number of nitrogen functional groups attached to an aromatic ring is 1. The lowest BCUT2D eigenvalue weighted by atomic mass is 10.1. The zero-order valence-electron chi connectivity index (χ0n) is 10.8. The van der Waals surface area contributed by atoms with E-state index in [0.29, 0.717) is 18.3 Å². The molecule has 0 saturated heterocycles. The molecular formula is C14H10F2N4O. The third kappa shape index (κ3) is 2.71. The summed E-state index contributed by atoms with van der Waals surface area (Å²) in [6.07, 6.45) is 3.73. The topological polar surface area (TPSA) is 77.8 Å². The van der Waals surface area contributed by atoms with E-state index in [9.17, 15) is 8.78 Å². The average Bonchev–Trinajstić information content (AvgIpc) is 2.92. The molecule has 7 heteroatoms. The maximum absolute atomic E-state index is 13.7. The Bertz CT molecular complexity index is 774. The molecule has 0 radical (unpaired) electrons. The van der Waals surface area contributed by atoms with Crippen LogP contribution >= 0.6 is 0 Å². The van der Waals surface area contributed by atoms with Crippen LogP contribution in [0.25, 0.3) is 11.5 Å². The van der Waals surface area contributed by atoms with E-state index in [1.165, 1.54) is 0 Å². The monoisotopic (exact) mass is 288 g/mol. The van der Waals surface area contributed by atoms with Crippen LogP contribution in [0.4, 0.5) is 14.5 Å². The quantitative estimate of drug-likeness (QED) is 0.749. The van der Waals surface area contributed by atoms with Crippen molar-refractivity contribution in [2.75, 3.05) is 5.73 Å². The molecule has 5 nitrogen and oxygen atoms in total. The first kappa shape index (κ1) is 13.2. The smallest absolute Gasteiger partial charge is 0.260 e. The Kier molecular flexibility index (Phi) is 3.31. The third-order valence-corrected chi connectivity index (χ3v) is 2.87. The van der Waals surface area contributed by atoms with Crippen molar-refractivity contribution >= 4 is 5.69 Å². The van der Waals surface area contributed by atoms with Crippen LogP contribution in [0.5, 0.6) is 0 Å². The molecule has 0 aliphatic heterocycles. The summed E-state index contributed by atoms with van der Waals surface area (Å²) in [5, 5.41) is 3.77. The number of rotatable bonds is 3. The molecule has 0 unspecified atom stereocenters. The van der Waals surface area contributed by atoms with Gasteiger partial charge in [-0.15, -0.1) is 0 Å². The fraction of sp³-hybridized carbons (Fsp3) is 0.0714. The lowest BCUT2D eigenvalue weighted by Gasteiger charge is -2.00. The lowest BCUT2D eigenvalue weighted by Crippen LogP contribution is -1.95. The van der Waals surface area contributed by atoms with Crippen LogP contribution in [0.3, 0.4) is 0 Å². The normalized spacial score (nSPS) is 10.8. The van der Waals surface area contributed by atoms with E-state index in [1.807, 2.05) is 6.07 Å². The maximum Gasteiger partial charge on any atom is 0.260 e. The molecule has 0 amide bonds. The highest BCUT2D eigenvalue weighted by atomic mass is 19.1. The predicted octanol–water partition coefficient (Wildman–Crippen LogP) is 2.58. The summed E-state index contributed by atoms with van der Waals surface area (Å²) in [4.78, 5) is 8.06. The van der Waals surface area contributed by atoms with Gasteiger partial charge in [0.15, 0.2) is 5.82 Å². The molecule has 3 rings (SSSR count). The van der Waals surface area contributed by atoms with Crippen molar-refractivity contribution in [1.29, 1.82) is 0 Å². The number of nitrogens with two attached hydrogens (primary N) is 1. The van der Waals surface area contributed by atoms with E-state index >= 15 is 0 Å². The second-order valence-corrected chi connectivity index (χ2v) is 4.41. The SMILES string of the molecule is Nc1cc(-c2nc(Cc3cccnc3)no2)c(F)cc1F. The van der Waals surface area contributed by atoms with Crippen LogP contribution in [0, 0.1) is 11.6 Å². The summed E-state index contributed by atoms with van der Waals surface area (Å²) < 4.78 is 31.8. The summed E-state index contributed by atoms with van der Waals surface area (Å²) in [6.45, 7) is 0. The Labute approximate surface area is 118 Å². The highest BCUT2D eigenvalue weighted by Gasteiger charge is 2.16. The molecule has 106 valence electrons. The van der Waals surface area contributed by atoms with Gasteiger partial charge >= 0.3 is 0 Å². The van der Waals surface area contributed by atoms with Crippen LogP contribution in [-0.2, 0) is 6.42 Å². The van der Waals surface area contributed by atoms with Crippen molar-refractivity contribution in [3.05, 3.63) is 59.7 Å². The van der Waals surface area contributed by atoms with Crippen molar-refractivity contribution in [1.82, 2.24) is 15.1 Å². The van der Waals surface area contributed by atoms with Crippen LogP contribution < -0.4 is 5.73 Å². The van der Waals surface area contributed by atoms with Gasteiger partial charge in [0, 0.05) is 24.9 Å². The van der Waals surface area contributed by atoms with Crippen molar-refractivity contribution < 1.29 is 13.3 Å². The van der Waals surface area contributed by atoms with Crippen LogP contribution in [0.2, 0.25) is 0 Å². The molecule has 0 aliphatic rings. The zero-order valence-corrected chi connectivity index (χ0v) is 10.8. The van der Waals surface area contributed by atoms with E-state index in [0.717, 1.165) is 11.6 Å². The molecule has 2 heterocycles. The first-order chi connectivity index (χ1) is 10.1. The number of nitrogens with zero attached hydrogens (tertiary/aromatic N) is 3. The van der Waals surface area contributed by atoms with Gasteiger partial charge in [0.25, 0.3) is 5.89 Å². The Morgan fingerprint density at radius 3 is 2.81 bits per heavy atom. The Balaban J connectivity index is 1.90. The van der Waals surface area contributed by atoms with Gasteiger partial charge in [0.1, 0.15) is 11.6 Å². The second-order valence-electron chi connectivity index (χ2n) is 4.41. The molecule has 0 aliphatic carbocycles. The van der Waals surface area contributed by atoms with Gasteiger partial charge in [0.05, 0.1) is 11.3 Å². The minimum absolute atomic E-state index is 0.0289. The summed E-state index contributed by atoms with van der Waals surface area (Å²) in [5.74, 6) is -1.30. The molecule has 0 fully saturated rings. The molecular weight excluding hydrogens is 278 g/mol. The minimum Gasteiger partial charge on any atom is -0.396 e. The van der Waals surface area contributed by atoms with E-state index in [2.05, 4.69) is 15.1 Å². The molecule has 2 N–H and O–H groups in total. The van der Waals surface area contributed by atoms with Gasteiger partial charge in [-0.3, -0.25) is 4.98 Å². The number of aromatic nitrogens is 3. The number of benzene rings is 1. The highest BCUT2D eigenvalue weighted by Crippen LogP contribution is 2.25. The number of anilines is 1. The largest absolute Gasteiger partial charge is 0.396 e. The van der Waals surface area contributed by atoms with Gasteiger partial charge in [-0.1, -0.05) is 11.2 Å². The number of hydrogen-bond acceptors (Lipinski definition) is 5. The van der Waals surface area contributed by atoms with Crippen LogP contribution in [0.1, 0.15) is 11.4 Å². The molecule has 2 aromatic heterocycles. The number of pyridine rings is 1. The molecule has 21 heavy (non-hydrogen) atoms. The standard InChI is InChI=1S/C14H10F2N4O/c15-10-6-11(16)12(17)5-9(10)14-19-13(20-21-14)4-8-2-1-3-18-7-8/h1-3,5-7H,4,17H2. The van der Waals surface area contributed by atoms with E-state index in [1.54, 1.807) is 18.5 Å². The molecule has 0 spiro atoms. The summed E-state index contributed by atoms with van der Waals surface area (Å²) in [6, 6.07) is 5.47. The Morgan fingerprint density at radius 1 is 1.19 bits per heavy atom. The van der Waals surface area contributed by atoms with E-state index in [-0.39, 0.29) is 17.1 Å². The molecule has 0 bridgehead atoms. The van der Waals surface area contributed by atoms with Gasteiger partial charge in [-0.2, -0.15) is 4.98 Å². The first-order valence-corrected chi connectivity index (χ1v) is 6.10. The zero-order chi connectivity index (χ0) is 14.8. The van der Waals surface area contributed by atoms with Crippen molar-refractivity contribution in [3.63, 3.8) is 0 Å². The van der Waals surface area contributed by atoms with Gasteiger partial charge < -0.3 is 10.3 Å². The summed E-state index contributed by atoms with van der Waals surface area (Å²) in [7, 11) is 0. The highest BCUT2D eigenvalue weighted by molar-refractivity contribution is 5.61. The number of halogens is 2. The van der Waals surface area contributed by atoms with Crippen molar-refractivity contribution in [3.8, 4) is 11.5 Å². The first-order valence-electron chi connectivity index (χ1n) is 6.10. The number of hydrogen-bond donors (Lipinski definition) is 1. The summed E-state index contributed by atoms with van der Waals surface area (Å²) >= 11 is 0. The second kappa shape index (κ2) is 5.28. The third-order valence-electron chi connectivity index (χ3n) is 2.87. The van der Waals surface area contributed by atoms with Crippen molar-refractivity contribution in [2.45, 2.75) is 6.42 Å². The maximum atomic E-state index is 13.7. The predicted molar refractivity (Wildman–Crippen MR) is 71.1 cm³/mol. The van der Waals surface area contributed by atoms with Crippen molar-refractivity contribution in [2.24, 2.45) is 0 Å². The van der Waals surface area contributed by atoms with Gasteiger partial charge in [-0.25, -0.2) is 8.78 Å². The van der Waals surface area contributed by atoms with E-state index < -0.39 is 11.6 Å². The molecule has 0 atom stereocenters. The van der Waals surface area contributed by atoms with Gasteiger partial charge in [0.2, 0.25) is 0 Å². The molecule has 1 aromatic carbocycles. The molecule has 0 saturated carbocycles. The van der Waals surface area contributed by atoms with Gasteiger partial charge in [-0.05, 0) is 17.7 Å². The lowest BCUT2D eigenvalue weighted by molar-refractivity contribution is 0.421. The molecule has 3 aromatic rings. The van der Waals surface area contributed by atoms with E-state index in [4.69, 9.17) is 10.3 Å². The van der Waals surface area contributed by atoms with Crippen LogP contribution in [-0.4, -0.2) is 15.1 Å². The fourth-order valence-corrected chi connectivity index (χ4v) is 1.85. The average molecular weight is 288 g/mol. The van der Waals surface area contributed by atoms with Crippen LogP contribution in [0.15, 0.2) is 41.2 Å². The minimum atomic E-state index is -0.827. The summed E-state index contributed by atoms with van der Waals surface area (Å²) in [5.41, 5.74) is 6.10. The fourth-order valence-electron chi connectivity index (χ4n) is 1.85. The Morgan fingerprint density at radius 2 is 2.05 bits per heavy atom.